The average Bonchev–Trinajstić information content (AvgIpc) is 2.49. The zero-order valence-corrected chi connectivity index (χ0v) is 11.3. The molecule has 0 radical (unpaired) electrons. The van der Waals surface area contributed by atoms with Crippen LogP contribution in [-0.2, 0) is 0 Å². The van der Waals surface area contributed by atoms with Crippen LogP contribution >= 0.6 is 0 Å². The van der Waals surface area contributed by atoms with Crippen LogP contribution in [0.25, 0.3) is 12.2 Å². The Morgan fingerprint density at radius 1 is 0.789 bits per heavy atom. The van der Waals surface area contributed by atoms with Gasteiger partial charge >= 0.3 is 0 Å². The molecule has 0 fully saturated rings. The minimum absolute atomic E-state index is 0.931. The summed E-state index contributed by atoms with van der Waals surface area (Å²) in [5, 5.41) is 0. The summed E-state index contributed by atoms with van der Waals surface area (Å²) in [7, 11) is 0. The van der Waals surface area contributed by atoms with E-state index < -0.39 is 0 Å². The zero-order chi connectivity index (χ0) is 13.7. The van der Waals surface area contributed by atoms with Crippen LogP contribution in [0.1, 0.15) is 18.1 Å². The van der Waals surface area contributed by atoms with Crippen LogP contribution < -0.4 is 4.90 Å². The van der Waals surface area contributed by atoms with Crippen LogP contribution in [0.4, 0.5) is 11.4 Å². The van der Waals surface area contributed by atoms with Crippen LogP contribution in [0, 0.1) is 0 Å². The lowest BCUT2D eigenvalue weighted by molar-refractivity contribution is 1.02. The lowest BCUT2D eigenvalue weighted by Gasteiger charge is -2.23. The van der Waals surface area contributed by atoms with Crippen LogP contribution in [0.2, 0.25) is 0 Å². The van der Waals surface area contributed by atoms with E-state index in [9.17, 15) is 0 Å². The van der Waals surface area contributed by atoms with E-state index in [1.807, 2.05) is 12.2 Å². The molecule has 0 unspecified atom stereocenters. The minimum atomic E-state index is 0.931. The van der Waals surface area contributed by atoms with E-state index >= 15 is 0 Å². The van der Waals surface area contributed by atoms with Crippen molar-refractivity contribution in [2.75, 3.05) is 11.4 Å². The SMILES string of the molecule is C=Cc1ccc(N(CC)c2ccc(C=C)cc2)cc1. The van der Waals surface area contributed by atoms with Crippen LogP contribution in [0.15, 0.2) is 61.7 Å². The fraction of sp³-hybridized carbons (Fsp3) is 0.111. The highest BCUT2D eigenvalue weighted by atomic mass is 15.1. The first-order valence-electron chi connectivity index (χ1n) is 6.51. The minimum Gasteiger partial charge on any atom is -0.342 e. The summed E-state index contributed by atoms with van der Waals surface area (Å²) < 4.78 is 0. The molecule has 0 heterocycles. The van der Waals surface area contributed by atoms with E-state index in [1.54, 1.807) is 0 Å². The largest absolute Gasteiger partial charge is 0.342 e. The standard InChI is InChI=1S/C18H19N/c1-4-15-7-11-17(12-8-15)19(6-3)18-13-9-16(5-2)10-14-18/h4-5,7-14H,1-2,6H2,3H3. The highest BCUT2D eigenvalue weighted by Gasteiger charge is 2.06. The van der Waals surface area contributed by atoms with Crippen molar-refractivity contribution in [2.24, 2.45) is 0 Å². The normalized spacial score (nSPS) is 9.95. The Hall–Kier alpha value is -2.28. The molecule has 0 aromatic heterocycles. The van der Waals surface area contributed by atoms with Gasteiger partial charge in [-0.05, 0) is 42.3 Å². The first kappa shape index (κ1) is 13.2. The summed E-state index contributed by atoms with van der Waals surface area (Å²) in [5.41, 5.74) is 4.67. The number of rotatable bonds is 5. The third-order valence-corrected chi connectivity index (χ3v) is 3.20. The van der Waals surface area contributed by atoms with Gasteiger partial charge in [-0.15, -0.1) is 0 Å². The van der Waals surface area contributed by atoms with Crippen LogP contribution in [0.3, 0.4) is 0 Å². The number of hydrogen-bond donors (Lipinski definition) is 0. The van der Waals surface area contributed by atoms with Gasteiger partial charge in [-0.3, -0.25) is 0 Å². The molecule has 0 amide bonds. The first-order chi connectivity index (χ1) is 9.28. The Morgan fingerprint density at radius 2 is 1.16 bits per heavy atom. The second-order valence-corrected chi connectivity index (χ2v) is 4.34. The van der Waals surface area contributed by atoms with Crippen molar-refractivity contribution < 1.29 is 0 Å². The molecule has 1 heteroatoms. The van der Waals surface area contributed by atoms with E-state index in [1.165, 1.54) is 11.4 Å². The molecule has 0 aliphatic carbocycles. The van der Waals surface area contributed by atoms with Gasteiger partial charge in [0, 0.05) is 17.9 Å². The summed E-state index contributed by atoms with van der Waals surface area (Å²) in [4.78, 5) is 2.28. The van der Waals surface area contributed by atoms with Gasteiger partial charge in [-0.25, -0.2) is 0 Å². The van der Waals surface area contributed by atoms with Crippen LogP contribution in [0.5, 0.6) is 0 Å². The van der Waals surface area contributed by atoms with Gasteiger partial charge < -0.3 is 4.90 Å². The van der Waals surface area contributed by atoms with Crippen molar-refractivity contribution in [3.8, 4) is 0 Å². The summed E-state index contributed by atoms with van der Waals surface area (Å²) in [6.07, 6.45) is 3.72. The van der Waals surface area contributed by atoms with Gasteiger partial charge in [-0.1, -0.05) is 49.6 Å². The molecular formula is C18H19N. The molecule has 2 aromatic carbocycles. The lowest BCUT2D eigenvalue weighted by Crippen LogP contribution is -2.15. The van der Waals surface area contributed by atoms with Crippen molar-refractivity contribution in [1.29, 1.82) is 0 Å². The maximum absolute atomic E-state index is 3.78. The number of hydrogen-bond acceptors (Lipinski definition) is 1. The Labute approximate surface area is 115 Å². The second kappa shape index (κ2) is 6.05. The van der Waals surface area contributed by atoms with E-state index in [-0.39, 0.29) is 0 Å². The summed E-state index contributed by atoms with van der Waals surface area (Å²) in [6.45, 7) is 10.6. The van der Waals surface area contributed by atoms with Crippen molar-refractivity contribution in [2.45, 2.75) is 6.92 Å². The Morgan fingerprint density at radius 3 is 1.42 bits per heavy atom. The quantitative estimate of drug-likeness (QED) is 0.710. The molecule has 0 aliphatic heterocycles. The molecule has 0 spiro atoms. The molecule has 0 aliphatic rings. The fourth-order valence-corrected chi connectivity index (χ4v) is 2.09. The third-order valence-electron chi connectivity index (χ3n) is 3.20. The van der Waals surface area contributed by atoms with E-state index in [0.29, 0.717) is 0 Å². The van der Waals surface area contributed by atoms with Crippen molar-refractivity contribution in [3.05, 3.63) is 72.8 Å². The average molecular weight is 249 g/mol. The lowest BCUT2D eigenvalue weighted by atomic mass is 10.1. The van der Waals surface area contributed by atoms with Crippen molar-refractivity contribution in [3.63, 3.8) is 0 Å². The van der Waals surface area contributed by atoms with E-state index in [0.717, 1.165) is 17.7 Å². The highest BCUT2D eigenvalue weighted by molar-refractivity contribution is 5.66. The molecule has 1 nitrogen and oxygen atoms in total. The maximum Gasteiger partial charge on any atom is 0.0411 e. The van der Waals surface area contributed by atoms with Gasteiger partial charge in [0.1, 0.15) is 0 Å². The predicted octanol–water partition coefficient (Wildman–Crippen LogP) is 5.13. The molecule has 2 aromatic rings. The molecule has 0 N–H and O–H groups in total. The van der Waals surface area contributed by atoms with E-state index in [2.05, 4.69) is 73.5 Å². The first-order valence-corrected chi connectivity index (χ1v) is 6.51. The maximum atomic E-state index is 3.78. The Kier molecular flexibility index (Phi) is 4.19. The number of benzene rings is 2. The molecular weight excluding hydrogens is 230 g/mol. The van der Waals surface area contributed by atoms with Crippen LogP contribution in [-0.4, -0.2) is 6.54 Å². The molecule has 0 bridgehead atoms. The van der Waals surface area contributed by atoms with Gasteiger partial charge in [0.2, 0.25) is 0 Å². The molecule has 19 heavy (non-hydrogen) atoms. The molecule has 0 saturated heterocycles. The smallest absolute Gasteiger partial charge is 0.0411 e. The Bertz CT molecular complexity index is 498. The summed E-state index contributed by atoms with van der Waals surface area (Å²) in [5.74, 6) is 0. The van der Waals surface area contributed by atoms with E-state index in [4.69, 9.17) is 0 Å². The molecule has 96 valence electrons. The predicted molar refractivity (Wildman–Crippen MR) is 85.7 cm³/mol. The number of nitrogens with zero attached hydrogens (tertiary/aromatic N) is 1. The summed E-state index contributed by atoms with van der Waals surface area (Å²) >= 11 is 0. The zero-order valence-electron chi connectivity index (χ0n) is 11.3. The topological polar surface area (TPSA) is 3.24 Å². The number of anilines is 2. The highest BCUT2D eigenvalue weighted by Crippen LogP contribution is 2.26. The van der Waals surface area contributed by atoms with Crippen molar-refractivity contribution in [1.82, 2.24) is 0 Å². The van der Waals surface area contributed by atoms with Gasteiger partial charge in [0.05, 0.1) is 0 Å². The fourth-order valence-electron chi connectivity index (χ4n) is 2.09. The molecule has 0 atom stereocenters. The monoisotopic (exact) mass is 249 g/mol. The molecule has 0 saturated carbocycles. The third kappa shape index (κ3) is 2.94. The van der Waals surface area contributed by atoms with Gasteiger partial charge in [0.15, 0.2) is 0 Å². The Balaban J connectivity index is 2.31. The van der Waals surface area contributed by atoms with Gasteiger partial charge in [-0.2, -0.15) is 0 Å². The molecule has 2 rings (SSSR count). The van der Waals surface area contributed by atoms with Gasteiger partial charge in [0.25, 0.3) is 0 Å². The second-order valence-electron chi connectivity index (χ2n) is 4.34. The van der Waals surface area contributed by atoms with Crippen molar-refractivity contribution >= 4 is 23.5 Å². The summed E-state index contributed by atoms with van der Waals surface area (Å²) in [6, 6.07) is 16.9.